The molecule has 0 fully saturated rings. The van der Waals surface area contributed by atoms with Crippen LogP contribution in [0.5, 0.6) is 23.0 Å². The molecule has 0 N–H and O–H groups in total. The van der Waals surface area contributed by atoms with Gasteiger partial charge in [-0.2, -0.15) is 15.0 Å². The van der Waals surface area contributed by atoms with Crippen LogP contribution in [-0.4, -0.2) is 69.6 Å². The van der Waals surface area contributed by atoms with Crippen molar-refractivity contribution in [1.82, 2.24) is 15.0 Å². The number of aromatic nitrogens is 3. The van der Waals surface area contributed by atoms with Crippen molar-refractivity contribution in [2.75, 3.05) is 64.4 Å². The number of hydrogen-bond donors (Lipinski definition) is 0. The van der Waals surface area contributed by atoms with Crippen LogP contribution in [0.1, 0.15) is 51.3 Å². The molecule has 0 aliphatic heterocycles. The van der Waals surface area contributed by atoms with Gasteiger partial charge in [-0.1, -0.05) is 55.1 Å². The van der Waals surface area contributed by atoms with E-state index in [1.807, 2.05) is 69.6 Å². The first-order valence-electron chi connectivity index (χ1n) is 18.4. The monoisotopic (exact) mass is 715 g/mol. The molecule has 0 aliphatic rings. The van der Waals surface area contributed by atoms with E-state index in [0.29, 0.717) is 30.9 Å². The minimum Gasteiger partial charge on any atom is -0.497 e. The summed E-state index contributed by atoms with van der Waals surface area (Å²) in [5, 5.41) is 0. The van der Waals surface area contributed by atoms with Crippen LogP contribution in [0.2, 0.25) is 0 Å². The van der Waals surface area contributed by atoms with Crippen LogP contribution in [0.15, 0.2) is 104 Å². The molecule has 278 valence electrons. The van der Waals surface area contributed by atoms with Gasteiger partial charge < -0.3 is 28.7 Å². The fourth-order valence-electron chi connectivity index (χ4n) is 5.78. The third-order valence-electron chi connectivity index (χ3n) is 9.04. The molecule has 0 amide bonds. The van der Waals surface area contributed by atoms with Gasteiger partial charge in [-0.15, -0.1) is 0 Å². The van der Waals surface area contributed by atoms with Gasteiger partial charge in [-0.25, -0.2) is 0 Å². The maximum Gasteiger partial charge on any atom is 0.230 e. The summed E-state index contributed by atoms with van der Waals surface area (Å²) >= 11 is 0. The van der Waals surface area contributed by atoms with Gasteiger partial charge in [-0.3, -0.25) is 0 Å². The molecule has 0 aliphatic carbocycles. The Hall–Kier alpha value is -5.57. The normalized spacial score (nSPS) is 10.8. The minimum atomic E-state index is 0.626. The highest BCUT2D eigenvalue weighted by Crippen LogP contribution is 2.26. The Morgan fingerprint density at radius 1 is 0.491 bits per heavy atom. The standard InChI is InChI=1S/C44H53N5O4/c1-33(2)42-45-43(48(3)29-9-7-11-31-52-40-25-17-36(18-26-40)34-13-21-38(50-5)22-14-34)47-44(46-42)49(4)30-10-8-12-32-53-41-27-19-37(20-28-41)35-15-23-39(51-6)24-16-35/h13-28H,1,7-12,29-32H2,2-6H3. The number of allylic oxidation sites excluding steroid dienone is 1. The zero-order valence-electron chi connectivity index (χ0n) is 31.9. The predicted octanol–water partition coefficient (Wildman–Crippen LogP) is 9.63. The minimum absolute atomic E-state index is 0.626. The highest BCUT2D eigenvalue weighted by Gasteiger charge is 2.14. The Morgan fingerprint density at radius 3 is 1.15 bits per heavy atom. The molecule has 0 unspecified atom stereocenters. The summed E-state index contributed by atoms with van der Waals surface area (Å²) in [7, 11) is 7.43. The van der Waals surface area contributed by atoms with E-state index < -0.39 is 0 Å². The van der Waals surface area contributed by atoms with Crippen molar-refractivity contribution >= 4 is 17.5 Å². The van der Waals surface area contributed by atoms with Gasteiger partial charge >= 0.3 is 0 Å². The van der Waals surface area contributed by atoms with Gasteiger partial charge in [0.2, 0.25) is 11.9 Å². The molecule has 5 rings (SSSR count). The third kappa shape index (κ3) is 11.7. The summed E-state index contributed by atoms with van der Waals surface area (Å²) in [6.45, 7) is 9.06. The lowest BCUT2D eigenvalue weighted by Gasteiger charge is -2.22. The van der Waals surface area contributed by atoms with Crippen molar-refractivity contribution < 1.29 is 18.9 Å². The molecule has 9 nitrogen and oxygen atoms in total. The molecule has 0 spiro atoms. The highest BCUT2D eigenvalue weighted by molar-refractivity contribution is 5.66. The quantitative estimate of drug-likeness (QED) is 0.0690. The molecular weight excluding hydrogens is 663 g/mol. The third-order valence-corrected chi connectivity index (χ3v) is 9.04. The average molecular weight is 716 g/mol. The second kappa shape index (κ2) is 19.9. The second-order valence-electron chi connectivity index (χ2n) is 13.2. The number of benzene rings is 4. The highest BCUT2D eigenvalue weighted by atomic mass is 16.5. The number of ether oxygens (including phenoxy) is 4. The molecule has 4 aromatic carbocycles. The van der Waals surface area contributed by atoms with Crippen molar-refractivity contribution in [2.45, 2.75) is 45.4 Å². The molecular formula is C44H53N5O4. The van der Waals surface area contributed by atoms with Gasteiger partial charge in [0.05, 0.1) is 27.4 Å². The summed E-state index contributed by atoms with van der Waals surface area (Å²) in [5.41, 5.74) is 5.42. The van der Waals surface area contributed by atoms with Crippen LogP contribution in [0.4, 0.5) is 11.9 Å². The van der Waals surface area contributed by atoms with E-state index in [0.717, 1.165) is 102 Å². The molecule has 0 bridgehead atoms. The SMILES string of the molecule is C=C(C)c1nc(N(C)CCCCCOc2ccc(-c3ccc(OC)cc3)cc2)nc(N(C)CCCCCOc2ccc(-c3ccc(OC)cc3)cc2)n1. The fraction of sp³-hybridized carbons (Fsp3) is 0.341. The molecule has 9 heteroatoms. The van der Waals surface area contributed by atoms with Crippen molar-refractivity contribution in [2.24, 2.45) is 0 Å². The van der Waals surface area contributed by atoms with Crippen LogP contribution in [0, 0.1) is 0 Å². The van der Waals surface area contributed by atoms with Crippen LogP contribution in [0.25, 0.3) is 27.8 Å². The Balaban J connectivity index is 0.994. The molecule has 1 heterocycles. The van der Waals surface area contributed by atoms with Crippen LogP contribution >= 0.6 is 0 Å². The van der Waals surface area contributed by atoms with Crippen LogP contribution in [-0.2, 0) is 0 Å². The summed E-state index contributed by atoms with van der Waals surface area (Å²) in [6.07, 6.45) is 6.03. The van der Waals surface area contributed by atoms with E-state index in [-0.39, 0.29) is 0 Å². The maximum absolute atomic E-state index is 6.01. The lowest BCUT2D eigenvalue weighted by atomic mass is 10.1. The smallest absolute Gasteiger partial charge is 0.230 e. The zero-order chi connectivity index (χ0) is 37.4. The van der Waals surface area contributed by atoms with Crippen molar-refractivity contribution in [3.8, 4) is 45.3 Å². The summed E-state index contributed by atoms with van der Waals surface area (Å²) in [4.78, 5) is 18.5. The summed E-state index contributed by atoms with van der Waals surface area (Å²) in [5.74, 6) is 5.43. The molecule has 0 saturated heterocycles. The first-order valence-corrected chi connectivity index (χ1v) is 18.4. The van der Waals surface area contributed by atoms with Gasteiger partial charge in [0.1, 0.15) is 23.0 Å². The van der Waals surface area contributed by atoms with Crippen molar-refractivity contribution in [1.29, 1.82) is 0 Å². The van der Waals surface area contributed by atoms with Crippen molar-refractivity contribution in [3.05, 3.63) is 109 Å². The Labute approximate surface area is 315 Å². The number of hydrogen-bond acceptors (Lipinski definition) is 9. The number of anilines is 2. The number of unbranched alkanes of at least 4 members (excludes halogenated alkanes) is 4. The summed E-state index contributed by atoms with van der Waals surface area (Å²) in [6, 6.07) is 32.6. The summed E-state index contributed by atoms with van der Waals surface area (Å²) < 4.78 is 22.6. The lowest BCUT2D eigenvalue weighted by molar-refractivity contribution is 0.305. The molecule has 0 saturated carbocycles. The Morgan fingerprint density at radius 2 is 0.830 bits per heavy atom. The molecule has 0 atom stereocenters. The predicted molar refractivity (Wildman–Crippen MR) is 217 cm³/mol. The first-order chi connectivity index (χ1) is 25.8. The molecule has 1 aromatic heterocycles. The first kappa shape index (κ1) is 38.7. The van der Waals surface area contributed by atoms with E-state index in [1.54, 1.807) is 14.2 Å². The van der Waals surface area contributed by atoms with Gasteiger partial charge in [0, 0.05) is 27.2 Å². The topological polar surface area (TPSA) is 82.1 Å². The van der Waals surface area contributed by atoms with E-state index in [2.05, 4.69) is 64.9 Å². The largest absolute Gasteiger partial charge is 0.497 e. The Bertz CT molecular complexity index is 1720. The average Bonchev–Trinajstić information content (AvgIpc) is 3.20. The molecule has 5 aromatic rings. The fourth-order valence-corrected chi connectivity index (χ4v) is 5.78. The van der Waals surface area contributed by atoms with E-state index in [9.17, 15) is 0 Å². The number of rotatable bonds is 21. The lowest BCUT2D eigenvalue weighted by Crippen LogP contribution is -2.26. The van der Waals surface area contributed by atoms with Crippen LogP contribution < -0.4 is 28.7 Å². The molecule has 53 heavy (non-hydrogen) atoms. The number of nitrogens with zero attached hydrogens (tertiary/aromatic N) is 5. The molecule has 0 radical (unpaired) electrons. The van der Waals surface area contributed by atoms with Gasteiger partial charge in [0.25, 0.3) is 0 Å². The van der Waals surface area contributed by atoms with E-state index >= 15 is 0 Å². The number of methoxy groups -OCH3 is 2. The second-order valence-corrected chi connectivity index (χ2v) is 13.2. The zero-order valence-corrected chi connectivity index (χ0v) is 31.9. The van der Waals surface area contributed by atoms with Gasteiger partial charge in [-0.05, 0) is 122 Å². The maximum atomic E-state index is 6.01. The Kier molecular flexibility index (Phi) is 14.5. The van der Waals surface area contributed by atoms with Gasteiger partial charge in [0.15, 0.2) is 5.82 Å². The van der Waals surface area contributed by atoms with Crippen LogP contribution in [0.3, 0.4) is 0 Å². The van der Waals surface area contributed by atoms with E-state index in [1.165, 1.54) is 0 Å². The van der Waals surface area contributed by atoms with E-state index in [4.69, 9.17) is 33.9 Å². The van der Waals surface area contributed by atoms with Crippen molar-refractivity contribution in [3.63, 3.8) is 0 Å².